The summed E-state index contributed by atoms with van der Waals surface area (Å²) in [4.78, 5) is 12.4. The van der Waals surface area contributed by atoms with E-state index in [1.165, 1.54) is 30.1 Å². The normalized spacial score (nSPS) is 11.4. The van der Waals surface area contributed by atoms with E-state index < -0.39 is 17.6 Å². The molecule has 6 heteroatoms. The molecule has 1 aromatic rings. The summed E-state index contributed by atoms with van der Waals surface area (Å²) in [6.45, 7) is -0.323. The summed E-state index contributed by atoms with van der Waals surface area (Å²) in [6.07, 6.45) is -4.41. The third-order valence-corrected chi connectivity index (χ3v) is 2.33. The van der Waals surface area contributed by atoms with Crippen LogP contribution < -0.4 is 5.73 Å². The second-order valence-electron chi connectivity index (χ2n) is 3.61. The summed E-state index contributed by atoms with van der Waals surface area (Å²) < 4.78 is 38.0. The minimum atomic E-state index is -4.41. The molecule has 0 aliphatic carbocycles. The number of nitrogens with zero attached hydrogens (tertiary/aromatic N) is 1. The zero-order valence-corrected chi connectivity index (χ0v) is 9.29. The van der Waals surface area contributed by atoms with Crippen molar-refractivity contribution >= 4 is 5.91 Å². The predicted molar refractivity (Wildman–Crippen MR) is 57.0 cm³/mol. The Morgan fingerprint density at radius 3 is 2.47 bits per heavy atom. The van der Waals surface area contributed by atoms with E-state index in [0.717, 1.165) is 6.07 Å². The Hall–Kier alpha value is -1.56. The number of nitrogens with two attached hydrogens (primary N) is 1. The molecular formula is C11H13F3N2O. The fraction of sp³-hybridized carbons (Fsp3) is 0.364. The molecule has 0 radical (unpaired) electrons. The Balaban J connectivity index is 2.95. The van der Waals surface area contributed by atoms with Crippen LogP contribution >= 0.6 is 0 Å². The van der Waals surface area contributed by atoms with Crippen molar-refractivity contribution in [3.63, 3.8) is 0 Å². The minimum Gasteiger partial charge on any atom is -0.340 e. The standard InChI is InChI=1S/C11H13F3N2O/c1-16(10(17)6-15)7-8-4-2-3-5-9(8)11(12,13)14/h2-5H,6-7,15H2,1H3. The second-order valence-corrected chi connectivity index (χ2v) is 3.61. The molecule has 1 amide bonds. The number of amides is 1. The van der Waals surface area contributed by atoms with Crippen molar-refractivity contribution in [1.82, 2.24) is 4.90 Å². The number of hydrogen-bond acceptors (Lipinski definition) is 2. The first kappa shape index (κ1) is 13.5. The Labute approximate surface area is 97.0 Å². The van der Waals surface area contributed by atoms with Crippen molar-refractivity contribution in [2.45, 2.75) is 12.7 Å². The van der Waals surface area contributed by atoms with Crippen molar-refractivity contribution in [2.75, 3.05) is 13.6 Å². The van der Waals surface area contributed by atoms with Crippen LogP contribution in [0.3, 0.4) is 0 Å². The van der Waals surface area contributed by atoms with Gasteiger partial charge in [-0.05, 0) is 11.6 Å². The van der Waals surface area contributed by atoms with Gasteiger partial charge in [-0.3, -0.25) is 4.79 Å². The maximum absolute atomic E-state index is 12.7. The first-order valence-corrected chi connectivity index (χ1v) is 4.95. The summed E-state index contributed by atoms with van der Waals surface area (Å²) in [5, 5.41) is 0. The van der Waals surface area contributed by atoms with Gasteiger partial charge in [0.2, 0.25) is 5.91 Å². The maximum Gasteiger partial charge on any atom is 0.416 e. The molecule has 0 bridgehead atoms. The SMILES string of the molecule is CN(Cc1ccccc1C(F)(F)F)C(=O)CN. The Bertz CT molecular complexity index is 404. The summed E-state index contributed by atoms with van der Waals surface area (Å²) in [5.74, 6) is -0.401. The number of likely N-dealkylation sites (N-methyl/N-ethyl adjacent to an activating group) is 1. The zero-order valence-electron chi connectivity index (χ0n) is 9.29. The third kappa shape index (κ3) is 3.45. The first-order valence-electron chi connectivity index (χ1n) is 4.95. The van der Waals surface area contributed by atoms with Crippen molar-refractivity contribution in [3.05, 3.63) is 35.4 Å². The molecule has 0 unspecified atom stereocenters. The summed E-state index contributed by atoms with van der Waals surface area (Å²) in [6, 6.07) is 5.17. The molecule has 0 fully saturated rings. The van der Waals surface area contributed by atoms with Crippen LogP contribution in [0.15, 0.2) is 24.3 Å². The van der Waals surface area contributed by atoms with Crippen LogP contribution in [-0.4, -0.2) is 24.4 Å². The smallest absolute Gasteiger partial charge is 0.340 e. The summed E-state index contributed by atoms with van der Waals surface area (Å²) >= 11 is 0. The molecule has 0 aliphatic heterocycles. The van der Waals surface area contributed by atoms with Gasteiger partial charge in [-0.1, -0.05) is 18.2 Å². The lowest BCUT2D eigenvalue weighted by Crippen LogP contribution is -2.32. The van der Waals surface area contributed by atoms with Gasteiger partial charge in [-0.25, -0.2) is 0 Å². The highest BCUT2D eigenvalue weighted by molar-refractivity contribution is 5.77. The highest BCUT2D eigenvalue weighted by Crippen LogP contribution is 2.32. The summed E-state index contributed by atoms with van der Waals surface area (Å²) in [7, 11) is 1.42. The van der Waals surface area contributed by atoms with E-state index in [1.807, 2.05) is 0 Å². The molecule has 94 valence electrons. The molecule has 3 nitrogen and oxygen atoms in total. The average molecular weight is 246 g/mol. The van der Waals surface area contributed by atoms with Gasteiger partial charge < -0.3 is 10.6 Å². The van der Waals surface area contributed by atoms with Gasteiger partial charge in [0, 0.05) is 13.6 Å². The largest absolute Gasteiger partial charge is 0.416 e. The van der Waals surface area contributed by atoms with Gasteiger partial charge in [0.25, 0.3) is 0 Å². The van der Waals surface area contributed by atoms with E-state index in [2.05, 4.69) is 0 Å². The highest BCUT2D eigenvalue weighted by Gasteiger charge is 2.33. The molecule has 0 spiro atoms. The zero-order chi connectivity index (χ0) is 13.1. The topological polar surface area (TPSA) is 46.3 Å². The van der Waals surface area contributed by atoms with Crippen LogP contribution in [0.5, 0.6) is 0 Å². The van der Waals surface area contributed by atoms with Gasteiger partial charge in [0.15, 0.2) is 0 Å². The van der Waals surface area contributed by atoms with E-state index in [4.69, 9.17) is 5.73 Å². The van der Waals surface area contributed by atoms with Crippen LogP contribution in [0.25, 0.3) is 0 Å². The van der Waals surface area contributed by atoms with Crippen LogP contribution in [-0.2, 0) is 17.5 Å². The average Bonchev–Trinajstić information content (AvgIpc) is 2.27. The van der Waals surface area contributed by atoms with Crippen LogP contribution in [0.4, 0.5) is 13.2 Å². The lowest BCUT2D eigenvalue weighted by Gasteiger charge is -2.19. The van der Waals surface area contributed by atoms with Crippen molar-refractivity contribution < 1.29 is 18.0 Å². The molecule has 0 aliphatic rings. The molecule has 0 heterocycles. The van der Waals surface area contributed by atoms with Gasteiger partial charge in [0.05, 0.1) is 12.1 Å². The van der Waals surface area contributed by atoms with E-state index in [0.29, 0.717) is 0 Å². The maximum atomic E-state index is 12.7. The van der Waals surface area contributed by atoms with Gasteiger partial charge in [-0.2, -0.15) is 13.2 Å². The van der Waals surface area contributed by atoms with E-state index in [-0.39, 0.29) is 18.7 Å². The molecule has 1 rings (SSSR count). The van der Waals surface area contributed by atoms with Crippen molar-refractivity contribution in [2.24, 2.45) is 5.73 Å². The number of alkyl halides is 3. The lowest BCUT2D eigenvalue weighted by molar-refractivity contribution is -0.139. The first-order chi connectivity index (χ1) is 7.86. The number of benzene rings is 1. The number of carbonyl (C=O) groups is 1. The Kier molecular flexibility index (Phi) is 4.11. The molecule has 2 N–H and O–H groups in total. The van der Waals surface area contributed by atoms with Crippen LogP contribution in [0, 0.1) is 0 Å². The monoisotopic (exact) mass is 246 g/mol. The Morgan fingerprint density at radius 2 is 1.94 bits per heavy atom. The molecule has 1 aromatic carbocycles. The molecule has 0 aromatic heterocycles. The van der Waals surface area contributed by atoms with Crippen LogP contribution in [0.1, 0.15) is 11.1 Å². The minimum absolute atomic E-state index is 0.0595. The number of carbonyl (C=O) groups excluding carboxylic acids is 1. The second kappa shape index (κ2) is 5.18. The van der Waals surface area contributed by atoms with Gasteiger partial charge in [-0.15, -0.1) is 0 Å². The van der Waals surface area contributed by atoms with Crippen molar-refractivity contribution in [3.8, 4) is 0 Å². The van der Waals surface area contributed by atoms with E-state index >= 15 is 0 Å². The fourth-order valence-corrected chi connectivity index (χ4v) is 1.43. The van der Waals surface area contributed by atoms with Crippen LogP contribution in [0.2, 0.25) is 0 Å². The number of rotatable bonds is 3. The fourth-order valence-electron chi connectivity index (χ4n) is 1.43. The number of hydrogen-bond donors (Lipinski definition) is 1. The van der Waals surface area contributed by atoms with Gasteiger partial charge in [0.1, 0.15) is 0 Å². The summed E-state index contributed by atoms with van der Waals surface area (Å²) in [5.41, 5.74) is 4.47. The highest BCUT2D eigenvalue weighted by atomic mass is 19.4. The molecule has 0 saturated heterocycles. The van der Waals surface area contributed by atoms with Gasteiger partial charge >= 0.3 is 6.18 Å². The molecule has 0 atom stereocenters. The van der Waals surface area contributed by atoms with E-state index in [1.54, 1.807) is 0 Å². The lowest BCUT2D eigenvalue weighted by atomic mass is 10.1. The predicted octanol–water partition coefficient (Wildman–Crippen LogP) is 1.62. The van der Waals surface area contributed by atoms with Crippen molar-refractivity contribution in [1.29, 1.82) is 0 Å². The third-order valence-electron chi connectivity index (χ3n) is 2.33. The quantitative estimate of drug-likeness (QED) is 0.881. The molecule has 17 heavy (non-hydrogen) atoms. The number of halogens is 3. The molecule has 0 saturated carbocycles. The Morgan fingerprint density at radius 1 is 1.35 bits per heavy atom. The van der Waals surface area contributed by atoms with E-state index in [9.17, 15) is 18.0 Å². The molecular weight excluding hydrogens is 233 g/mol.